The molecular weight excluding hydrogens is 255 g/mol. The van der Waals surface area contributed by atoms with Crippen LogP contribution >= 0.6 is 22.6 Å². The van der Waals surface area contributed by atoms with E-state index in [1.807, 2.05) is 22.6 Å². The largest absolute Gasteiger partial charge is 0.266 e. The Labute approximate surface area is 68.4 Å². The van der Waals surface area contributed by atoms with Crippen LogP contribution in [0.3, 0.4) is 0 Å². The molecular formula is C4H7IO3S. The molecule has 0 radical (unpaired) electrons. The van der Waals surface area contributed by atoms with Gasteiger partial charge in [-0.3, -0.25) is 4.18 Å². The van der Waals surface area contributed by atoms with Crippen LogP contribution in [0.2, 0.25) is 0 Å². The topological polar surface area (TPSA) is 43.4 Å². The number of halogens is 1. The Hall–Kier alpha value is 0.380. The van der Waals surface area contributed by atoms with Crippen LogP contribution in [0, 0.1) is 0 Å². The molecule has 0 N–H and O–H groups in total. The average molecular weight is 262 g/mol. The zero-order valence-corrected chi connectivity index (χ0v) is 7.85. The van der Waals surface area contributed by atoms with E-state index in [1.165, 1.54) is 0 Å². The van der Waals surface area contributed by atoms with E-state index in [1.54, 1.807) is 10.2 Å². The molecule has 0 saturated carbocycles. The fourth-order valence-electron chi connectivity index (χ4n) is 0.199. The predicted molar refractivity (Wildman–Crippen MR) is 44.0 cm³/mol. The minimum absolute atomic E-state index is 0.127. The van der Waals surface area contributed by atoms with Gasteiger partial charge in [-0.15, -0.1) is 0 Å². The molecule has 0 saturated heterocycles. The van der Waals surface area contributed by atoms with Crippen molar-refractivity contribution in [1.82, 2.24) is 0 Å². The summed E-state index contributed by atoms with van der Waals surface area (Å²) in [7, 11) is -3.25. The highest BCUT2D eigenvalue weighted by Gasteiger charge is 1.96. The Morgan fingerprint density at radius 2 is 2.22 bits per heavy atom. The van der Waals surface area contributed by atoms with Gasteiger partial charge in [-0.2, -0.15) is 8.42 Å². The summed E-state index contributed by atoms with van der Waals surface area (Å²) in [6.45, 7) is 0.127. The van der Waals surface area contributed by atoms with Crippen molar-refractivity contribution in [3.63, 3.8) is 0 Å². The van der Waals surface area contributed by atoms with E-state index in [-0.39, 0.29) is 6.61 Å². The number of rotatable bonds is 3. The molecule has 0 amide bonds. The van der Waals surface area contributed by atoms with Gasteiger partial charge in [-0.1, -0.05) is 28.7 Å². The quantitative estimate of drug-likeness (QED) is 0.561. The summed E-state index contributed by atoms with van der Waals surface area (Å²) in [5.41, 5.74) is 0. The second kappa shape index (κ2) is 4.24. The van der Waals surface area contributed by atoms with E-state index in [4.69, 9.17) is 0 Å². The number of hydrogen-bond acceptors (Lipinski definition) is 3. The van der Waals surface area contributed by atoms with Crippen LogP contribution < -0.4 is 0 Å². The minimum atomic E-state index is -3.25. The average Bonchev–Trinajstić information content (AvgIpc) is 1.63. The third kappa shape index (κ3) is 8.38. The second-order valence-corrected chi connectivity index (χ2v) is 3.71. The predicted octanol–water partition coefficient (Wildman–Crippen LogP) is 0.911. The number of hydrogen-bond donors (Lipinski definition) is 0. The van der Waals surface area contributed by atoms with Gasteiger partial charge < -0.3 is 0 Å². The van der Waals surface area contributed by atoms with Gasteiger partial charge in [0.15, 0.2) is 0 Å². The minimum Gasteiger partial charge on any atom is -0.266 e. The van der Waals surface area contributed by atoms with Crippen LogP contribution in [0.5, 0.6) is 0 Å². The fraction of sp³-hybridized carbons (Fsp3) is 0.500. The van der Waals surface area contributed by atoms with Gasteiger partial charge in [-0.05, 0) is 4.08 Å². The van der Waals surface area contributed by atoms with Crippen molar-refractivity contribution >= 4 is 32.7 Å². The standard InChI is InChI=1S/C4H7IO3S/c1-9(6,7)8-4-2-3-5/h2-3H,4H2,1H3/b3-2+. The van der Waals surface area contributed by atoms with Crippen LogP contribution in [-0.4, -0.2) is 21.3 Å². The summed E-state index contributed by atoms with van der Waals surface area (Å²) in [5, 5.41) is 0. The summed E-state index contributed by atoms with van der Waals surface area (Å²) in [4.78, 5) is 0. The molecule has 0 bridgehead atoms. The summed E-state index contributed by atoms with van der Waals surface area (Å²) in [6, 6.07) is 0. The first-order valence-corrected chi connectivity index (χ1v) is 5.22. The van der Waals surface area contributed by atoms with Crippen molar-refractivity contribution in [2.24, 2.45) is 0 Å². The van der Waals surface area contributed by atoms with Crippen molar-refractivity contribution in [2.45, 2.75) is 0 Å². The van der Waals surface area contributed by atoms with Crippen molar-refractivity contribution < 1.29 is 12.6 Å². The molecule has 3 nitrogen and oxygen atoms in total. The molecule has 0 atom stereocenters. The summed E-state index contributed by atoms with van der Waals surface area (Å²) >= 11 is 1.98. The maximum atomic E-state index is 10.2. The van der Waals surface area contributed by atoms with Gasteiger partial charge in [-0.25, -0.2) is 0 Å². The van der Waals surface area contributed by atoms with E-state index in [0.29, 0.717) is 0 Å². The van der Waals surface area contributed by atoms with Crippen LogP contribution in [0.15, 0.2) is 10.2 Å². The summed E-state index contributed by atoms with van der Waals surface area (Å²) in [6.07, 6.45) is 2.63. The summed E-state index contributed by atoms with van der Waals surface area (Å²) < 4.78 is 26.5. The molecule has 9 heavy (non-hydrogen) atoms. The first kappa shape index (κ1) is 9.38. The van der Waals surface area contributed by atoms with Gasteiger partial charge >= 0.3 is 0 Å². The van der Waals surface area contributed by atoms with Crippen molar-refractivity contribution in [3.05, 3.63) is 10.2 Å². The Bertz CT molecular complexity index is 182. The van der Waals surface area contributed by atoms with Crippen LogP contribution in [0.4, 0.5) is 0 Å². The molecule has 0 aliphatic rings. The lowest BCUT2D eigenvalue weighted by molar-refractivity contribution is 0.362. The molecule has 5 heteroatoms. The Balaban J connectivity index is 3.53. The van der Waals surface area contributed by atoms with Crippen LogP contribution in [0.1, 0.15) is 0 Å². The fourth-order valence-corrected chi connectivity index (χ4v) is 0.733. The van der Waals surface area contributed by atoms with E-state index in [0.717, 1.165) is 6.26 Å². The highest BCUT2D eigenvalue weighted by Crippen LogP contribution is 1.89. The van der Waals surface area contributed by atoms with Crippen LogP contribution in [0.25, 0.3) is 0 Å². The maximum absolute atomic E-state index is 10.2. The lowest BCUT2D eigenvalue weighted by Crippen LogP contribution is -2.01. The molecule has 0 heterocycles. The van der Waals surface area contributed by atoms with E-state index in [9.17, 15) is 8.42 Å². The van der Waals surface area contributed by atoms with Gasteiger partial charge in [0.25, 0.3) is 10.1 Å². The SMILES string of the molecule is CS(=O)(=O)OC/C=C/I. The van der Waals surface area contributed by atoms with Gasteiger partial charge in [0.05, 0.1) is 12.9 Å². The van der Waals surface area contributed by atoms with E-state index >= 15 is 0 Å². The molecule has 0 aromatic rings. The molecule has 0 aliphatic carbocycles. The van der Waals surface area contributed by atoms with Crippen LogP contribution in [-0.2, 0) is 14.3 Å². The zero-order valence-electron chi connectivity index (χ0n) is 4.87. The summed E-state index contributed by atoms with van der Waals surface area (Å²) in [5.74, 6) is 0. The third-order valence-corrected chi connectivity index (χ3v) is 1.54. The first-order chi connectivity index (χ1) is 4.06. The van der Waals surface area contributed by atoms with Gasteiger partial charge in [0, 0.05) is 0 Å². The second-order valence-electron chi connectivity index (χ2n) is 1.35. The van der Waals surface area contributed by atoms with E-state index in [2.05, 4.69) is 4.18 Å². The molecule has 0 aromatic carbocycles. The molecule has 0 spiro atoms. The van der Waals surface area contributed by atoms with Crippen molar-refractivity contribution in [1.29, 1.82) is 0 Å². The van der Waals surface area contributed by atoms with Crippen molar-refractivity contribution in [2.75, 3.05) is 12.9 Å². The third-order valence-electron chi connectivity index (χ3n) is 0.467. The molecule has 0 unspecified atom stereocenters. The maximum Gasteiger partial charge on any atom is 0.264 e. The zero-order chi connectivity index (χ0) is 7.33. The normalized spacial score (nSPS) is 12.7. The Kier molecular flexibility index (Phi) is 4.41. The molecule has 0 aromatic heterocycles. The van der Waals surface area contributed by atoms with Crippen molar-refractivity contribution in [3.8, 4) is 0 Å². The molecule has 0 aliphatic heterocycles. The first-order valence-electron chi connectivity index (χ1n) is 2.16. The highest BCUT2D eigenvalue weighted by atomic mass is 127. The Morgan fingerprint density at radius 3 is 2.56 bits per heavy atom. The van der Waals surface area contributed by atoms with Gasteiger partial charge in [0.1, 0.15) is 0 Å². The smallest absolute Gasteiger partial charge is 0.264 e. The highest BCUT2D eigenvalue weighted by molar-refractivity contribution is 14.1. The molecule has 0 rings (SSSR count). The molecule has 54 valence electrons. The van der Waals surface area contributed by atoms with Gasteiger partial charge in [0.2, 0.25) is 0 Å². The molecule has 0 fully saturated rings. The Morgan fingerprint density at radius 1 is 1.67 bits per heavy atom. The monoisotopic (exact) mass is 262 g/mol. The van der Waals surface area contributed by atoms with E-state index < -0.39 is 10.1 Å². The lowest BCUT2D eigenvalue weighted by atomic mass is 10.7. The lowest BCUT2D eigenvalue weighted by Gasteiger charge is -1.92.